The number of benzene rings is 1. The van der Waals surface area contributed by atoms with E-state index in [1.54, 1.807) is 31.2 Å². The topological polar surface area (TPSA) is 66.2 Å². The molecule has 1 unspecified atom stereocenters. The Bertz CT molecular complexity index is 1060. The lowest BCUT2D eigenvalue weighted by Crippen LogP contribution is -2.42. The lowest BCUT2D eigenvalue weighted by atomic mass is 9.99. The second-order valence-electron chi connectivity index (χ2n) is 7.03. The van der Waals surface area contributed by atoms with Gasteiger partial charge in [0.1, 0.15) is 22.0 Å². The number of rotatable bonds is 4. The Hall–Kier alpha value is -2.22. The highest BCUT2D eigenvalue weighted by Crippen LogP contribution is 2.47. The molecule has 3 heterocycles. The van der Waals surface area contributed by atoms with E-state index in [-0.39, 0.29) is 16.2 Å². The number of carbonyl (C=O) groups excluding carboxylic acids is 1. The molecule has 1 fully saturated rings. The molecule has 2 aromatic heterocycles. The van der Waals surface area contributed by atoms with Crippen LogP contribution in [0, 0.1) is 5.82 Å². The van der Waals surface area contributed by atoms with E-state index in [1.807, 2.05) is 13.0 Å². The van der Waals surface area contributed by atoms with Crippen LogP contribution in [-0.2, 0) is 9.47 Å². The summed E-state index contributed by atoms with van der Waals surface area (Å²) in [6.45, 7) is 3.60. The van der Waals surface area contributed by atoms with Gasteiger partial charge < -0.3 is 14.0 Å². The van der Waals surface area contributed by atoms with E-state index in [0.29, 0.717) is 12.0 Å². The number of halogens is 3. The Kier molecular flexibility index (Phi) is 5.23. The van der Waals surface area contributed by atoms with E-state index >= 15 is 0 Å². The fraction of sp³-hybridized carbons (Fsp3) is 0.350. The molecule has 0 bridgehead atoms. The highest BCUT2D eigenvalue weighted by atomic mass is 35.5. The van der Waals surface area contributed by atoms with Gasteiger partial charge in [0, 0.05) is 6.20 Å². The lowest BCUT2D eigenvalue weighted by Gasteiger charge is -2.29. The molecule has 1 aromatic carbocycles. The van der Waals surface area contributed by atoms with Crippen LogP contribution in [-0.4, -0.2) is 37.6 Å². The monoisotopic (exact) mass is 437 g/mol. The van der Waals surface area contributed by atoms with Gasteiger partial charge in [0.2, 0.25) is 0 Å². The molecule has 6 nitrogen and oxygen atoms in total. The lowest BCUT2D eigenvalue weighted by molar-refractivity contribution is -0.0287. The van der Waals surface area contributed by atoms with Gasteiger partial charge in [-0.05, 0) is 25.5 Å². The quantitative estimate of drug-likeness (QED) is 0.334. The Morgan fingerprint density at radius 3 is 2.76 bits per heavy atom. The first-order chi connectivity index (χ1) is 13.8. The summed E-state index contributed by atoms with van der Waals surface area (Å²) in [4.78, 5) is 19.4. The van der Waals surface area contributed by atoms with Crippen molar-refractivity contribution in [2.45, 2.75) is 43.6 Å². The zero-order valence-corrected chi connectivity index (χ0v) is 17.2. The van der Waals surface area contributed by atoms with Gasteiger partial charge in [-0.3, -0.25) is 0 Å². The summed E-state index contributed by atoms with van der Waals surface area (Å²) in [7, 11) is 0. The number of ether oxygens (including phenoxy) is 2. The van der Waals surface area contributed by atoms with Crippen LogP contribution in [0.1, 0.15) is 36.9 Å². The van der Waals surface area contributed by atoms with Gasteiger partial charge in [-0.25, -0.2) is 19.2 Å². The highest BCUT2D eigenvalue weighted by molar-refractivity contribution is 6.34. The molecule has 0 N–H and O–H groups in total. The molecule has 4 rings (SSSR count). The average Bonchev–Trinajstić information content (AvgIpc) is 3.17. The number of alkyl halides is 1. The number of carbonyl (C=O) groups is 1. The molecule has 152 valence electrons. The van der Waals surface area contributed by atoms with Crippen LogP contribution in [0.3, 0.4) is 0 Å². The van der Waals surface area contributed by atoms with Crippen molar-refractivity contribution in [2.75, 3.05) is 0 Å². The van der Waals surface area contributed by atoms with Gasteiger partial charge in [0.05, 0.1) is 17.1 Å². The maximum Gasteiger partial charge on any atom is 0.338 e. The van der Waals surface area contributed by atoms with E-state index < -0.39 is 35.1 Å². The molecule has 0 radical (unpaired) electrons. The van der Waals surface area contributed by atoms with Crippen molar-refractivity contribution >= 4 is 40.2 Å². The minimum atomic E-state index is -1.18. The molecule has 1 saturated heterocycles. The molecule has 1 aliphatic rings. The SMILES string of the molecule is CC[C@H]1OC(n2cc(F)c3c(Cl)ncnc32)[C@](C)(Cl)[C@@H]1OC(=O)c1ccccc1. The normalized spacial score (nSPS) is 26.7. The van der Waals surface area contributed by atoms with Crippen LogP contribution in [0.4, 0.5) is 4.39 Å². The third-order valence-corrected chi connectivity index (χ3v) is 5.78. The Morgan fingerprint density at radius 1 is 1.34 bits per heavy atom. The fourth-order valence-corrected chi connectivity index (χ4v) is 4.21. The second kappa shape index (κ2) is 7.55. The summed E-state index contributed by atoms with van der Waals surface area (Å²) in [5.74, 6) is -1.08. The molecule has 1 aliphatic heterocycles. The number of hydrogen-bond acceptors (Lipinski definition) is 5. The first-order valence-corrected chi connectivity index (χ1v) is 9.87. The fourth-order valence-electron chi connectivity index (χ4n) is 3.65. The summed E-state index contributed by atoms with van der Waals surface area (Å²) < 4.78 is 27.8. The summed E-state index contributed by atoms with van der Waals surface area (Å²) in [6, 6.07) is 8.64. The van der Waals surface area contributed by atoms with Crippen molar-refractivity contribution < 1.29 is 18.7 Å². The molecule has 9 heteroatoms. The number of esters is 1. The molecule has 0 spiro atoms. The van der Waals surface area contributed by atoms with E-state index in [4.69, 9.17) is 32.7 Å². The van der Waals surface area contributed by atoms with Crippen LogP contribution < -0.4 is 0 Å². The van der Waals surface area contributed by atoms with Crippen molar-refractivity contribution in [2.24, 2.45) is 0 Å². The molecule has 3 aromatic rings. The summed E-state index contributed by atoms with van der Waals surface area (Å²) in [5.41, 5.74) is 0.666. The van der Waals surface area contributed by atoms with Crippen molar-refractivity contribution in [3.8, 4) is 0 Å². The van der Waals surface area contributed by atoms with Crippen LogP contribution >= 0.6 is 23.2 Å². The third kappa shape index (κ3) is 3.37. The Balaban J connectivity index is 1.71. The van der Waals surface area contributed by atoms with Gasteiger partial charge in [-0.1, -0.05) is 36.7 Å². The summed E-state index contributed by atoms with van der Waals surface area (Å²) in [5, 5.41) is 0.0858. The molecular formula is C20H18Cl2FN3O3. The van der Waals surface area contributed by atoms with E-state index in [9.17, 15) is 9.18 Å². The Morgan fingerprint density at radius 2 is 2.07 bits per heavy atom. The van der Waals surface area contributed by atoms with Gasteiger partial charge >= 0.3 is 5.97 Å². The van der Waals surface area contributed by atoms with Crippen LogP contribution in [0.2, 0.25) is 5.15 Å². The van der Waals surface area contributed by atoms with E-state index in [2.05, 4.69) is 9.97 Å². The minimum Gasteiger partial charge on any atom is -0.454 e. The summed E-state index contributed by atoms with van der Waals surface area (Å²) >= 11 is 12.9. The summed E-state index contributed by atoms with van der Waals surface area (Å²) in [6.07, 6.45) is 0.942. The Labute approximate surface area is 176 Å². The predicted molar refractivity (Wildman–Crippen MR) is 107 cm³/mol. The third-order valence-electron chi connectivity index (χ3n) is 5.10. The molecule has 0 aliphatic carbocycles. The molecule has 0 amide bonds. The van der Waals surface area contributed by atoms with Crippen LogP contribution in [0.5, 0.6) is 0 Å². The van der Waals surface area contributed by atoms with E-state index in [0.717, 1.165) is 0 Å². The molecule has 0 saturated carbocycles. The smallest absolute Gasteiger partial charge is 0.338 e. The zero-order chi connectivity index (χ0) is 20.8. The van der Waals surface area contributed by atoms with Gasteiger partial charge in [0.15, 0.2) is 18.1 Å². The molecule has 4 atom stereocenters. The maximum atomic E-state index is 14.5. The zero-order valence-electron chi connectivity index (χ0n) is 15.7. The standard InChI is InChI=1S/C20H18Cl2FN3O3/c1-3-13-15(29-18(27)11-7-5-4-6-8-11)20(2,22)19(28-13)26-9-12(23)14-16(21)24-10-25-17(14)26/h4-10,13,15,19H,3H2,1-2H3/t13-,15-,19?,20-/m1/s1. The maximum absolute atomic E-state index is 14.5. The van der Waals surface area contributed by atoms with Gasteiger partial charge in [0.25, 0.3) is 0 Å². The number of aromatic nitrogens is 3. The average molecular weight is 438 g/mol. The predicted octanol–water partition coefficient (Wildman–Crippen LogP) is 4.75. The largest absolute Gasteiger partial charge is 0.454 e. The van der Waals surface area contributed by atoms with E-state index in [1.165, 1.54) is 17.1 Å². The van der Waals surface area contributed by atoms with Crippen molar-refractivity contribution in [1.82, 2.24) is 14.5 Å². The molecule has 29 heavy (non-hydrogen) atoms. The van der Waals surface area contributed by atoms with Gasteiger partial charge in [-0.2, -0.15) is 0 Å². The van der Waals surface area contributed by atoms with Crippen molar-refractivity contribution in [1.29, 1.82) is 0 Å². The van der Waals surface area contributed by atoms with Gasteiger partial charge in [-0.15, -0.1) is 11.6 Å². The first-order valence-electron chi connectivity index (χ1n) is 9.11. The van der Waals surface area contributed by atoms with Crippen LogP contribution in [0.25, 0.3) is 11.0 Å². The van der Waals surface area contributed by atoms with Crippen LogP contribution in [0.15, 0.2) is 42.9 Å². The number of hydrogen-bond donors (Lipinski definition) is 0. The van der Waals surface area contributed by atoms with Crippen molar-refractivity contribution in [3.05, 3.63) is 59.4 Å². The number of nitrogens with zero attached hydrogens (tertiary/aromatic N) is 3. The highest BCUT2D eigenvalue weighted by Gasteiger charge is 2.55. The second-order valence-corrected chi connectivity index (χ2v) is 8.20. The minimum absolute atomic E-state index is 0.000352. The first kappa shape index (κ1) is 20.1. The number of fused-ring (bicyclic) bond motifs is 1. The molecular weight excluding hydrogens is 420 g/mol. The van der Waals surface area contributed by atoms with Crippen molar-refractivity contribution in [3.63, 3.8) is 0 Å².